The molecule has 0 aliphatic heterocycles. The summed E-state index contributed by atoms with van der Waals surface area (Å²) in [5, 5.41) is 3.87. The van der Waals surface area contributed by atoms with Gasteiger partial charge in [-0.1, -0.05) is 28.9 Å². The minimum Gasteiger partial charge on any atom is -0.368 e. The zero-order valence-corrected chi connectivity index (χ0v) is 19.7. The van der Waals surface area contributed by atoms with E-state index in [1.165, 1.54) is 31.2 Å². The summed E-state index contributed by atoms with van der Waals surface area (Å²) in [5.41, 5.74) is 5.31. The summed E-state index contributed by atoms with van der Waals surface area (Å²) in [4.78, 5) is 15.7. The Morgan fingerprint density at radius 1 is 1.20 bits per heavy atom. The van der Waals surface area contributed by atoms with Crippen molar-refractivity contribution in [3.05, 3.63) is 64.8 Å². The van der Waals surface area contributed by atoms with Crippen LogP contribution in [0.3, 0.4) is 0 Å². The number of rotatable bonds is 9. The maximum absolute atomic E-state index is 15.0. The number of aryl methyl sites for hydroxylation is 1. The number of sulfonamides is 1. The Morgan fingerprint density at radius 2 is 1.86 bits per heavy atom. The first-order valence-corrected chi connectivity index (χ1v) is 11.8. The first-order valence-electron chi connectivity index (χ1n) is 10.0. The maximum atomic E-state index is 15.0. The van der Waals surface area contributed by atoms with Gasteiger partial charge < -0.3 is 10.3 Å². The van der Waals surface area contributed by atoms with Gasteiger partial charge in [-0.3, -0.25) is 4.79 Å². The molecule has 8 nitrogen and oxygen atoms in total. The molecule has 0 saturated carbocycles. The van der Waals surface area contributed by atoms with Crippen LogP contribution in [0.2, 0.25) is 5.02 Å². The zero-order valence-electron chi connectivity index (χ0n) is 18.1. The number of amides is 1. The van der Waals surface area contributed by atoms with Crippen molar-refractivity contribution < 1.29 is 35.3 Å². The monoisotopic (exact) mass is 534 g/mol. The van der Waals surface area contributed by atoms with Gasteiger partial charge in [-0.25, -0.2) is 12.8 Å². The van der Waals surface area contributed by atoms with Gasteiger partial charge in [-0.15, -0.1) is 0 Å². The lowest BCUT2D eigenvalue weighted by atomic mass is 10.1. The number of carbonyl (C=O) groups is 1. The Bertz CT molecular complexity index is 1310. The van der Waals surface area contributed by atoms with E-state index in [0.717, 1.165) is 18.2 Å². The molecule has 3 aromatic rings. The summed E-state index contributed by atoms with van der Waals surface area (Å²) in [6, 6.07) is 6.44. The number of primary amides is 1. The Labute approximate surface area is 202 Å². The molecule has 2 N–H and O–H groups in total. The molecule has 0 aliphatic carbocycles. The summed E-state index contributed by atoms with van der Waals surface area (Å²) in [5.74, 6) is -1.90. The third-order valence-corrected chi connectivity index (χ3v) is 7.08. The van der Waals surface area contributed by atoms with Crippen LogP contribution in [0, 0.1) is 12.7 Å². The lowest BCUT2D eigenvalue weighted by Gasteiger charge is -2.29. The minimum absolute atomic E-state index is 0.0822. The van der Waals surface area contributed by atoms with E-state index in [0.29, 0.717) is 4.31 Å². The first-order chi connectivity index (χ1) is 16.3. The number of hydrogen-bond acceptors (Lipinski definition) is 6. The van der Waals surface area contributed by atoms with Crippen molar-refractivity contribution in [1.29, 1.82) is 0 Å². The predicted molar refractivity (Wildman–Crippen MR) is 117 cm³/mol. The molecule has 1 amide bonds. The van der Waals surface area contributed by atoms with E-state index < -0.39 is 53.4 Å². The van der Waals surface area contributed by atoms with E-state index in [9.17, 15) is 30.8 Å². The molecule has 188 valence electrons. The van der Waals surface area contributed by atoms with Gasteiger partial charge in [0.2, 0.25) is 27.6 Å². The second-order valence-corrected chi connectivity index (χ2v) is 9.85. The van der Waals surface area contributed by atoms with Crippen molar-refractivity contribution in [3.8, 4) is 11.4 Å². The molecule has 2 aromatic carbocycles. The summed E-state index contributed by atoms with van der Waals surface area (Å²) < 4.78 is 85.7. The summed E-state index contributed by atoms with van der Waals surface area (Å²) in [7, 11) is -4.60. The zero-order chi connectivity index (χ0) is 26.0. The van der Waals surface area contributed by atoms with Gasteiger partial charge in [-0.05, 0) is 36.8 Å². The van der Waals surface area contributed by atoms with Crippen LogP contribution >= 0.6 is 11.6 Å². The molecule has 0 radical (unpaired) electrons. The number of halogens is 5. The number of hydrogen-bond donors (Lipinski definition) is 1. The second-order valence-electron chi connectivity index (χ2n) is 7.52. The summed E-state index contributed by atoms with van der Waals surface area (Å²) >= 11 is 5.80. The smallest absolute Gasteiger partial charge is 0.368 e. The lowest BCUT2D eigenvalue weighted by Crippen LogP contribution is -2.48. The molecule has 35 heavy (non-hydrogen) atoms. The number of nitrogens with two attached hydrogens (primary N) is 1. The number of aromatic nitrogens is 2. The van der Waals surface area contributed by atoms with Gasteiger partial charge in [0, 0.05) is 36.0 Å². The Balaban J connectivity index is 2.03. The summed E-state index contributed by atoms with van der Waals surface area (Å²) in [6.45, 7) is 0.763. The largest absolute Gasteiger partial charge is 0.389 e. The van der Waals surface area contributed by atoms with Crippen molar-refractivity contribution in [3.63, 3.8) is 0 Å². The Hall–Kier alpha value is -3.03. The van der Waals surface area contributed by atoms with Crippen LogP contribution in [0.5, 0.6) is 0 Å². The van der Waals surface area contributed by atoms with Gasteiger partial charge in [0.15, 0.2) is 0 Å². The average molecular weight is 535 g/mol. The molecule has 3 rings (SSSR count). The van der Waals surface area contributed by atoms with Crippen LogP contribution in [0.25, 0.3) is 11.4 Å². The van der Waals surface area contributed by atoms with Gasteiger partial charge in [0.1, 0.15) is 11.9 Å². The second kappa shape index (κ2) is 10.3. The molecule has 0 bridgehead atoms. The van der Waals surface area contributed by atoms with Crippen molar-refractivity contribution in [2.75, 3.05) is 0 Å². The van der Waals surface area contributed by atoms with Crippen LogP contribution in [0.4, 0.5) is 17.6 Å². The molecule has 0 unspecified atom stereocenters. The highest BCUT2D eigenvalue weighted by molar-refractivity contribution is 7.89. The van der Waals surface area contributed by atoms with E-state index in [2.05, 4.69) is 10.1 Å². The molecule has 0 fully saturated rings. The third-order valence-electron chi connectivity index (χ3n) is 4.96. The molecule has 1 aromatic heterocycles. The van der Waals surface area contributed by atoms with E-state index >= 15 is 0 Å². The Kier molecular flexibility index (Phi) is 7.82. The molecular formula is C21H19ClF4N4O4S. The highest BCUT2D eigenvalue weighted by Gasteiger charge is 2.38. The Morgan fingerprint density at radius 3 is 2.37 bits per heavy atom. The molecule has 1 heterocycles. The first kappa shape index (κ1) is 26.6. The van der Waals surface area contributed by atoms with Crippen molar-refractivity contribution in [1.82, 2.24) is 14.4 Å². The van der Waals surface area contributed by atoms with E-state index in [1.54, 1.807) is 0 Å². The number of alkyl halides is 3. The van der Waals surface area contributed by atoms with Crippen molar-refractivity contribution in [2.45, 2.75) is 43.4 Å². The lowest BCUT2D eigenvalue weighted by molar-refractivity contribution is -0.140. The minimum atomic E-state index is -4.68. The molecule has 14 heteroatoms. The van der Waals surface area contributed by atoms with Crippen molar-refractivity contribution >= 4 is 27.5 Å². The molecule has 0 spiro atoms. The van der Waals surface area contributed by atoms with Crippen LogP contribution in [-0.4, -0.2) is 41.0 Å². The average Bonchev–Trinajstić information content (AvgIpc) is 3.19. The fraction of sp³-hybridized carbons (Fsp3) is 0.286. The van der Waals surface area contributed by atoms with Crippen LogP contribution < -0.4 is 5.73 Å². The molecular weight excluding hydrogens is 516 g/mol. The van der Waals surface area contributed by atoms with Gasteiger partial charge >= 0.3 is 6.18 Å². The van der Waals surface area contributed by atoms with E-state index in [-0.39, 0.29) is 32.8 Å². The van der Waals surface area contributed by atoms with Crippen LogP contribution in [0.1, 0.15) is 24.3 Å². The SMILES string of the molecule is Cc1nc(-c2ccc(CN([C@H](CCC(F)(F)F)C(N)=O)S(=O)(=O)c3ccc(Cl)cc3)c(F)c2)no1. The standard InChI is InChI=1S/C21H19ClF4N4O4S/c1-12-28-20(29-34-12)13-2-3-14(17(23)10-13)11-30(18(19(27)31)8-9-21(24,25)26)35(32,33)16-6-4-15(22)5-7-16/h2-7,10,18H,8-9,11H2,1H3,(H2,27,31)/t18-/m1/s1. The quantitative estimate of drug-likeness (QED) is 0.410. The third kappa shape index (κ3) is 6.55. The maximum Gasteiger partial charge on any atom is 0.389 e. The van der Waals surface area contributed by atoms with E-state index in [4.69, 9.17) is 21.9 Å². The van der Waals surface area contributed by atoms with E-state index in [1.807, 2.05) is 0 Å². The van der Waals surface area contributed by atoms with Gasteiger partial charge in [0.25, 0.3) is 0 Å². The predicted octanol–water partition coefficient (Wildman–Crippen LogP) is 4.22. The van der Waals surface area contributed by atoms with Gasteiger partial charge in [0.05, 0.1) is 4.90 Å². The van der Waals surface area contributed by atoms with Crippen LogP contribution in [-0.2, 0) is 21.4 Å². The fourth-order valence-corrected chi connectivity index (χ4v) is 4.96. The molecule has 0 saturated heterocycles. The van der Waals surface area contributed by atoms with Gasteiger partial charge in [-0.2, -0.15) is 22.5 Å². The number of benzene rings is 2. The van der Waals surface area contributed by atoms with Crippen molar-refractivity contribution in [2.24, 2.45) is 5.73 Å². The normalized spacial score (nSPS) is 13.2. The van der Waals surface area contributed by atoms with Crippen LogP contribution in [0.15, 0.2) is 51.9 Å². The number of carbonyl (C=O) groups excluding carboxylic acids is 1. The number of nitrogens with zero attached hydrogens (tertiary/aromatic N) is 3. The highest BCUT2D eigenvalue weighted by atomic mass is 35.5. The fourth-order valence-electron chi connectivity index (χ4n) is 3.23. The molecule has 0 aliphatic rings. The topological polar surface area (TPSA) is 119 Å². The molecule has 1 atom stereocenters. The summed E-state index contributed by atoms with van der Waals surface area (Å²) in [6.07, 6.45) is -7.11. The highest BCUT2D eigenvalue weighted by Crippen LogP contribution is 2.29.